The molecule has 148 valence electrons. The molecule has 0 aliphatic heterocycles. The van der Waals surface area contributed by atoms with Gasteiger partial charge in [0.25, 0.3) is 5.91 Å². The van der Waals surface area contributed by atoms with Gasteiger partial charge in [0.2, 0.25) is 0 Å². The van der Waals surface area contributed by atoms with Crippen LogP contribution in [-0.2, 0) is 6.54 Å². The van der Waals surface area contributed by atoms with Crippen LogP contribution in [0.25, 0.3) is 0 Å². The summed E-state index contributed by atoms with van der Waals surface area (Å²) in [6.07, 6.45) is 2.31. The van der Waals surface area contributed by atoms with Gasteiger partial charge in [-0.2, -0.15) is 0 Å². The van der Waals surface area contributed by atoms with Crippen LogP contribution in [0.15, 0.2) is 39.9 Å². The molecule has 0 unspecified atom stereocenters. The number of aliphatic imine (C=N–C) groups is 1. The third-order valence-electron chi connectivity index (χ3n) is 4.17. The number of carbonyl (C=O) groups excluding carboxylic acids is 1. The fraction of sp³-hybridized carbons (Fsp3) is 0.400. The van der Waals surface area contributed by atoms with Gasteiger partial charge >= 0.3 is 0 Å². The van der Waals surface area contributed by atoms with Crippen LogP contribution in [0.1, 0.15) is 39.2 Å². The molecular weight excluding hydrogens is 455 g/mol. The minimum absolute atomic E-state index is 0. The topological polar surface area (TPSA) is 78.7 Å². The molecule has 27 heavy (non-hydrogen) atoms. The number of carbonyl (C=O) groups is 1. The van der Waals surface area contributed by atoms with Crippen molar-refractivity contribution >= 4 is 35.8 Å². The van der Waals surface area contributed by atoms with E-state index in [2.05, 4.69) is 53.0 Å². The van der Waals surface area contributed by atoms with E-state index in [-0.39, 0.29) is 29.9 Å². The first kappa shape index (κ1) is 23.0. The molecule has 7 heteroatoms. The quantitative estimate of drug-likeness (QED) is 0.244. The van der Waals surface area contributed by atoms with Crippen molar-refractivity contribution in [3.63, 3.8) is 0 Å². The van der Waals surface area contributed by atoms with Crippen LogP contribution in [0.2, 0.25) is 0 Å². The average Bonchev–Trinajstić information content (AvgIpc) is 3.04. The molecule has 2 aromatic rings. The number of nitrogens with zero attached hydrogens (tertiary/aromatic N) is 1. The van der Waals surface area contributed by atoms with Gasteiger partial charge in [0.1, 0.15) is 0 Å². The van der Waals surface area contributed by atoms with E-state index >= 15 is 0 Å². The molecule has 6 nitrogen and oxygen atoms in total. The van der Waals surface area contributed by atoms with Crippen molar-refractivity contribution < 1.29 is 9.21 Å². The number of nitrogens with one attached hydrogen (secondary N) is 3. The highest BCUT2D eigenvalue weighted by Crippen LogP contribution is 2.10. The Morgan fingerprint density at radius 3 is 2.41 bits per heavy atom. The van der Waals surface area contributed by atoms with Crippen molar-refractivity contribution in [1.29, 1.82) is 0 Å². The summed E-state index contributed by atoms with van der Waals surface area (Å²) in [5.41, 5.74) is 4.63. The average molecular weight is 484 g/mol. The molecule has 0 aliphatic rings. The lowest BCUT2D eigenvalue weighted by Crippen LogP contribution is -2.38. The van der Waals surface area contributed by atoms with Crippen molar-refractivity contribution in [2.45, 2.75) is 33.7 Å². The number of guanidine groups is 1. The summed E-state index contributed by atoms with van der Waals surface area (Å²) in [5.74, 6) is 0.951. The summed E-state index contributed by atoms with van der Waals surface area (Å²) in [6.45, 7) is 8.07. The Labute approximate surface area is 178 Å². The Morgan fingerprint density at radius 2 is 1.78 bits per heavy atom. The first-order valence-electron chi connectivity index (χ1n) is 8.84. The number of hydrogen-bond donors (Lipinski definition) is 3. The monoisotopic (exact) mass is 484 g/mol. The Kier molecular flexibility index (Phi) is 9.92. The molecular formula is C20H29IN4O2. The van der Waals surface area contributed by atoms with E-state index in [0.29, 0.717) is 18.8 Å². The van der Waals surface area contributed by atoms with Crippen LogP contribution >= 0.6 is 24.0 Å². The third-order valence-corrected chi connectivity index (χ3v) is 4.17. The standard InChI is InChI=1S/C20H28N4O2.HI/c1-14-6-7-17(16(3)12-14)13-24-20(21-4)23-10-5-9-22-19(25)18-15(2)8-11-26-18;/h6-8,11-12H,5,9-10,13H2,1-4H3,(H,22,25)(H2,21,23,24);1H. The smallest absolute Gasteiger partial charge is 0.287 e. The van der Waals surface area contributed by atoms with Gasteiger partial charge in [0.05, 0.1) is 6.26 Å². The van der Waals surface area contributed by atoms with Gasteiger partial charge < -0.3 is 20.4 Å². The van der Waals surface area contributed by atoms with Crippen LogP contribution in [-0.4, -0.2) is 32.0 Å². The molecule has 0 atom stereocenters. The molecule has 3 N–H and O–H groups in total. The molecule has 0 aliphatic carbocycles. The number of amides is 1. The molecule has 2 rings (SSSR count). The fourth-order valence-corrected chi connectivity index (χ4v) is 2.63. The molecule has 0 radical (unpaired) electrons. The van der Waals surface area contributed by atoms with E-state index < -0.39 is 0 Å². The lowest BCUT2D eigenvalue weighted by molar-refractivity contribution is 0.0925. The molecule has 0 spiro atoms. The van der Waals surface area contributed by atoms with Gasteiger partial charge in [-0.3, -0.25) is 9.79 Å². The van der Waals surface area contributed by atoms with Gasteiger partial charge in [0, 0.05) is 32.2 Å². The molecule has 1 amide bonds. The maximum Gasteiger partial charge on any atom is 0.287 e. The van der Waals surface area contributed by atoms with E-state index in [1.54, 1.807) is 13.1 Å². The predicted octanol–water partition coefficient (Wildman–Crippen LogP) is 3.31. The van der Waals surface area contributed by atoms with Crippen molar-refractivity contribution in [3.05, 3.63) is 58.5 Å². The normalized spacial score (nSPS) is 10.9. The summed E-state index contributed by atoms with van der Waals surface area (Å²) >= 11 is 0. The second kappa shape index (κ2) is 11.6. The maximum atomic E-state index is 11.9. The Bertz CT molecular complexity index is 771. The Balaban J connectivity index is 0.00000364. The lowest BCUT2D eigenvalue weighted by atomic mass is 10.1. The van der Waals surface area contributed by atoms with Crippen LogP contribution in [0.3, 0.4) is 0 Å². The zero-order valence-corrected chi connectivity index (χ0v) is 18.7. The number of halogens is 1. The molecule has 0 saturated heterocycles. The maximum absolute atomic E-state index is 11.9. The zero-order chi connectivity index (χ0) is 18.9. The second-order valence-electron chi connectivity index (χ2n) is 6.32. The molecule has 0 saturated carbocycles. The highest BCUT2D eigenvalue weighted by atomic mass is 127. The van der Waals surface area contributed by atoms with Crippen molar-refractivity contribution in [2.24, 2.45) is 4.99 Å². The summed E-state index contributed by atoms with van der Waals surface area (Å²) in [5, 5.41) is 9.42. The van der Waals surface area contributed by atoms with Crippen LogP contribution in [0.5, 0.6) is 0 Å². The van der Waals surface area contributed by atoms with Crippen LogP contribution < -0.4 is 16.0 Å². The molecule has 0 fully saturated rings. The van der Waals surface area contributed by atoms with E-state index in [0.717, 1.165) is 24.5 Å². The van der Waals surface area contributed by atoms with Gasteiger partial charge in [-0.1, -0.05) is 23.8 Å². The second-order valence-corrected chi connectivity index (χ2v) is 6.32. The van der Waals surface area contributed by atoms with Gasteiger partial charge in [-0.25, -0.2) is 0 Å². The number of hydrogen-bond acceptors (Lipinski definition) is 3. The van der Waals surface area contributed by atoms with Crippen molar-refractivity contribution in [2.75, 3.05) is 20.1 Å². The highest BCUT2D eigenvalue weighted by molar-refractivity contribution is 14.0. The molecule has 0 bridgehead atoms. The molecule has 1 aromatic carbocycles. The zero-order valence-electron chi connectivity index (χ0n) is 16.4. The summed E-state index contributed by atoms with van der Waals surface area (Å²) in [7, 11) is 1.75. The van der Waals surface area contributed by atoms with E-state index in [1.807, 2.05) is 6.92 Å². The van der Waals surface area contributed by atoms with Crippen LogP contribution in [0, 0.1) is 20.8 Å². The largest absolute Gasteiger partial charge is 0.459 e. The summed E-state index contributed by atoms with van der Waals surface area (Å²) in [6, 6.07) is 8.21. The minimum Gasteiger partial charge on any atom is -0.459 e. The summed E-state index contributed by atoms with van der Waals surface area (Å²) in [4.78, 5) is 16.2. The summed E-state index contributed by atoms with van der Waals surface area (Å²) < 4.78 is 5.17. The SMILES string of the molecule is CN=C(NCCCNC(=O)c1occc1C)NCc1ccc(C)cc1C.I. The van der Waals surface area contributed by atoms with E-state index in [4.69, 9.17) is 4.42 Å². The Morgan fingerprint density at radius 1 is 1.04 bits per heavy atom. The van der Waals surface area contributed by atoms with Crippen molar-refractivity contribution in [3.8, 4) is 0 Å². The van der Waals surface area contributed by atoms with E-state index in [1.165, 1.54) is 23.0 Å². The van der Waals surface area contributed by atoms with Gasteiger partial charge in [0.15, 0.2) is 11.7 Å². The number of furan rings is 1. The first-order valence-corrected chi connectivity index (χ1v) is 8.84. The lowest BCUT2D eigenvalue weighted by Gasteiger charge is -2.13. The molecule has 1 aromatic heterocycles. The highest BCUT2D eigenvalue weighted by Gasteiger charge is 2.11. The van der Waals surface area contributed by atoms with Crippen molar-refractivity contribution in [1.82, 2.24) is 16.0 Å². The fourth-order valence-electron chi connectivity index (χ4n) is 2.63. The van der Waals surface area contributed by atoms with Crippen LogP contribution in [0.4, 0.5) is 0 Å². The predicted molar refractivity (Wildman–Crippen MR) is 120 cm³/mol. The molecule has 1 heterocycles. The number of aryl methyl sites for hydroxylation is 3. The number of benzene rings is 1. The Hall–Kier alpha value is -2.03. The van der Waals surface area contributed by atoms with E-state index in [9.17, 15) is 4.79 Å². The van der Waals surface area contributed by atoms with Gasteiger partial charge in [-0.05, 0) is 44.4 Å². The number of rotatable bonds is 7. The minimum atomic E-state index is -0.176. The third kappa shape index (κ3) is 7.24. The van der Waals surface area contributed by atoms with Gasteiger partial charge in [-0.15, -0.1) is 24.0 Å². The first-order chi connectivity index (χ1) is 12.5.